The highest BCUT2D eigenvalue weighted by Crippen LogP contribution is 2.49. The zero-order valence-electron chi connectivity index (χ0n) is 39.4. The molecule has 0 aliphatic carbocycles. The van der Waals surface area contributed by atoms with Gasteiger partial charge in [-0.1, -0.05) is 140 Å². The normalized spacial score (nSPS) is 12.4. The molecule has 2 aromatic heterocycles. The molecule has 0 unspecified atom stereocenters. The van der Waals surface area contributed by atoms with E-state index in [1.54, 1.807) is 0 Å². The minimum absolute atomic E-state index is 0.0706. The Balaban J connectivity index is 0.934. The molecule has 0 saturated heterocycles. The highest BCUT2D eigenvalue weighted by molar-refractivity contribution is 7.26. The van der Waals surface area contributed by atoms with E-state index >= 15 is 0 Å². The van der Waals surface area contributed by atoms with Crippen molar-refractivity contribution in [2.45, 2.75) is 0 Å². The lowest BCUT2D eigenvalue weighted by Crippen LogP contribution is -2.59. The molecular weight excluding hydrogens is 926 g/mol. The third-order valence-electron chi connectivity index (χ3n) is 14.7. The lowest BCUT2D eigenvalue weighted by molar-refractivity contribution is 0.488. The predicted octanol–water partition coefficient (Wildman–Crippen LogP) is 17.4. The molecule has 0 spiro atoms. The average Bonchev–Trinajstić information content (AvgIpc) is 4.02. The first kappa shape index (κ1) is 41.9. The molecule has 13 aromatic rings. The van der Waals surface area contributed by atoms with Crippen LogP contribution in [0.2, 0.25) is 0 Å². The van der Waals surface area contributed by atoms with E-state index in [4.69, 9.17) is 4.74 Å². The molecule has 0 bridgehead atoms. The van der Waals surface area contributed by atoms with Crippen LogP contribution >= 0.6 is 22.7 Å². The summed E-state index contributed by atoms with van der Waals surface area (Å²) in [6.45, 7) is -0.0706. The van der Waals surface area contributed by atoms with E-state index in [1.165, 1.54) is 73.5 Å². The Bertz CT molecular complexity index is 4180. The van der Waals surface area contributed by atoms with Crippen molar-refractivity contribution in [2.24, 2.45) is 0 Å². The highest BCUT2D eigenvalue weighted by Gasteiger charge is 2.43. The molecule has 0 fully saturated rings. The third-order valence-corrected chi connectivity index (χ3v) is 16.9. The Labute approximate surface area is 431 Å². The number of nitrogens with zero attached hydrogens (tertiary/aromatic N) is 3. The van der Waals surface area contributed by atoms with Crippen LogP contribution in [0.15, 0.2) is 255 Å². The van der Waals surface area contributed by atoms with Crippen molar-refractivity contribution in [1.82, 2.24) is 0 Å². The molecule has 2 aliphatic heterocycles. The van der Waals surface area contributed by atoms with Gasteiger partial charge in [0.2, 0.25) is 0 Å². The molecule has 73 heavy (non-hydrogen) atoms. The second-order valence-electron chi connectivity index (χ2n) is 18.8. The van der Waals surface area contributed by atoms with Gasteiger partial charge >= 0.3 is 0 Å². The molecule has 15 rings (SSSR count). The van der Waals surface area contributed by atoms with Crippen molar-refractivity contribution in [3.63, 3.8) is 0 Å². The summed E-state index contributed by atoms with van der Waals surface area (Å²) in [5.41, 5.74) is 16.2. The summed E-state index contributed by atoms with van der Waals surface area (Å²) in [4.78, 5) is 7.21. The Kier molecular flexibility index (Phi) is 9.68. The molecule has 0 amide bonds. The summed E-state index contributed by atoms with van der Waals surface area (Å²) in [5, 5.41) is 4.94. The van der Waals surface area contributed by atoms with Gasteiger partial charge in [0.05, 0.1) is 5.69 Å². The first-order valence-electron chi connectivity index (χ1n) is 24.8. The molecule has 2 aliphatic rings. The van der Waals surface area contributed by atoms with Crippen LogP contribution in [-0.4, -0.2) is 6.71 Å². The fourth-order valence-corrected chi connectivity index (χ4v) is 13.8. The smallest absolute Gasteiger partial charge is 0.256 e. The van der Waals surface area contributed by atoms with Gasteiger partial charge in [0, 0.05) is 91.4 Å². The zero-order valence-corrected chi connectivity index (χ0v) is 41.0. The minimum Gasteiger partial charge on any atom is -0.458 e. The molecule has 7 heteroatoms. The summed E-state index contributed by atoms with van der Waals surface area (Å²) >= 11 is 3.74. The van der Waals surface area contributed by atoms with Crippen molar-refractivity contribution < 1.29 is 4.74 Å². The zero-order chi connectivity index (χ0) is 48.0. The fraction of sp³-hybridized carbons (Fsp3) is 0. The quantitative estimate of drug-likeness (QED) is 0.141. The number of benzene rings is 11. The van der Waals surface area contributed by atoms with Gasteiger partial charge in [-0.15, -0.1) is 22.7 Å². The maximum absolute atomic E-state index is 7.15. The lowest BCUT2D eigenvalue weighted by atomic mass is 9.34. The summed E-state index contributed by atoms with van der Waals surface area (Å²) in [6.07, 6.45) is 0. The van der Waals surface area contributed by atoms with Crippen LogP contribution in [0, 0.1) is 0 Å². The van der Waals surface area contributed by atoms with Crippen LogP contribution in [-0.2, 0) is 0 Å². The van der Waals surface area contributed by atoms with Crippen LogP contribution in [0.4, 0.5) is 51.2 Å². The maximum Gasteiger partial charge on any atom is 0.256 e. The van der Waals surface area contributed by atoms with Gasteiger partial charge in [0.15, 0.2) is 0 Å². The fourth-order valence-electron chi connectivity index (χ4n) is 11.5. The van der Waals surface area contributed by atoms with Crippen molar-refractivity contribution in [1.29, 1.82) is 0 Å². The lowest BCUT2D eigenvalue weighted by Gasteiger charge is -2.40. The van der Waals surface area contributed by atoms with Crippen LogP contribution in [0.1, 0.15) is 0 Å². The van der Waals surface area contributed by atoms with Gasteiger partial charge in [0.1, 0.15) is 11.5 Å². The van der Waals surface area contributed by atoms with Crippen LogP contribution in [0.25, 0.3) is 51.5 Å². The summed E-state index contributed by atoms with van der Waals surface area (Å²) in [7, 11) is 0. The van der Waals surface area contributed by atoms with Gasteiger partial charge < -0.3 is 19.4 Å². The average molecular weight is 968 g/mol. The van der Waals surface area contributed by atoms with E-state index in [1.807, 2.05) is 22.7 Å². The molecular formula is C66H42BN3OS2. The molecule has 0 atom stereocenters. The van der Waals surface area contributed by atoms with Gasteiger partial charge in [-0.2, -0.15) is 0 Å². The second kappa shape index (κ2) is 16.9. The van der Waals surface area contributed by atoms with Gasteiger partial charge in [-0.25, -0.2) is 0 Å². The highest BCUT2D eigenvalue weighted by atomic mass is 32.1. The Hall–Kier alpha value is -8.88. The number of fused-ring (bicyclic) bond motifs is 10. The molecule has 342 valence electrons. The molecule has 0 saturated carbocycles. The van der Waals surface area contributed by atoms with E-state index in [9.17, 15) is 0 Å². The second-order valence-corrected chi connectivity index (χ2v) is 21.0. The number of rotatable bonds is 8. The summed E-state index contributed by atoms with van der Waals surface area (Å²) in [6, 6.07) is 92.5. The van der Waals surface area contributed by atoms with Crippen LogP contribution < -0.4 is 35.8 Å². The van der Waals surface area contributed by atoms with Crippen LogP contribution in [0.3, 0.4) is 0 Å². The van der Waals surface area contributed by atoms with E-state index in [-0.39, 0.29) is 6.71 Å². The molecule has 4 heterocycles. The standard InChI is InChI=1S/C66H42BN3OS2/c1-6-19-43(20-7-1)50-29-16-17-30-57(50)70-58-31-18-32-60-66(58)67(55-41-64-53(39-59(55)70)51-35-33-48(37-62(51)72-64)68(44-21-8-2-9-22-44)45-23-10-3-11-24-45)56-42-65-54(40-61(56)71-60)52-36-34-49(38-63(52)73-65)69(46-25-12-4-13-26-46)47-27-14-5-15-28-47/h1-42H. The topological polar surface area (TPSA) is 19.0 Å². The first-order chi connectivity index (χ1) is 36.2. The molecule has 4 nitrogen and oxygen atoms in total. The number of hydrogen-bond acceptors (Lipinski definition) is 6. The SMILES string of the molecule is c1ccc(-c2ccccc2N2c3cc4c(cc3B3c5cc6sc7cc(N(c8ccccc8)c8ccccc8)ccc7c6cc5Oc5cccc2c53)sc2cc(N(c3ccccc3)c3ccccc3)ccc24)cc1. The van der Waals surface area contributed by atoms with E-state index in [2.05, 4.69) is 269 Å². The number of thiophene rings is 2. The van der Waals surface area contributed by atoms with E-state index in [0.717, 1.165) is 57.0 Å². The summed E-state index contributed by atoms with van der Waals surface area (Å²) < 4.78 is 12.2. The Morgan fingerprint density at radius 2 is 0.795 bits per heavy atom. The number of hydrogen-bond donors (Lipinski definition) is 0. The number of para-hydroxylation sites is 5. The Morgan fingerprint density at radius 1 is 0.329 bits per heavy atom. The van der Waals surface area contributed by atoms with Crippen molar-refractivity contribution >= 4 is 137 Å². The number of anilines is 9. The molecule has 11 aromatic carbocycles. The minimum atomic E-state index is -0.0706. The van der Waals surface area contributed by atoms with Gasteiger partial charge in [-0.3, -0.25) is 0 Å². The van der Waals surface area contributed by atoms with Crippen LogP contribution in [0.5, 0.6) is 11.5 Å². The van der Waals surface area contributed by atoms with E-state index < -0.39 is 0 Å². The molecule has 0 N–H and O–H groups in total. The van der Waals surface area contributed by atoms with E-state index in [0.29, 0.717) is 0 Å². The maximum atomic E-state index is 7.15. The van der Waals surface area contributed by atoms with Gasteiger partial charge in [0.25, 0.3) is 6.71 Å². The third kappa shape index (κ3) is 6.81. The number of ether oxygens (including phenoxy) is 1. The van der Waals surface area contributed by atoms with Gasteiger partial charge in [-0.05, 0) is 137 Å². The predicted molar refractivity (Wildman–Crippen MR) is 313 cm³/mol. The first-order valence-corrected chi connectivity index (χ1v) is 26.4. The van der Waals surface area contributed by atoms with Crippen molar-refractivity contribution in [3.05, 3.63) is 255 Å². The van der Waals surface area contributed by atoms with Crippen molar-refractivity contribution in [2.75, 3.05) is 14.7 Å². The Morgan fingerprint density at radius 3 is 1.36 bits per heavy atom. The summed E-state index contributed by atoms with van der Waals surface area (Å²) in [5.74, 6) is 1.81. The largest absolute Gasteiger partial charge is 0.458 e. The van der Waals surface area contributed by atoms with Crippen molar-refractivity contribution in [3.8, 4) is 22.6 Å². The monoisotopic (exact) mass is 967 g/mol. The molecule has 0 radical (unpaired) electrons.